The molecule has 0 aromatic carbocycles. The summed E-state index contributed by atoms with van der Waals surface area (Å²) < 4.78 is 18.2. The van der Waals surface area contributed by atoms with Crippen molar-refractivity contribution in [1.82, 2.24) is 20.2 Å². The Labute approximate surface area is 137 Å². The Balaban J connectivity index is 1.41. The van der Waals surface area contributed by atoms with Crippen molar-refractivity contribution in [2.45, 2.75) is 0 Å². The van der Waals surface area contributed by atoms with Crippen molar-refractivity contribution in [1.29, 1.82) is 0 Å². The maximum Gasteiger partial charge on any atom is 0.225 e. The lowest BCUT2D eigenvalue weighted by Crippen LogP contribution is -2.47. The van der Waals surface area contributed by atoms with E-state index in [1.807, 2.05) is 29.2 Å². The van der Waals surface area contributed by atoms with E-state index < -0.39 is 5.82 Å². The molecule has 0 N–H and O–H groups in total. The monoisotopic (exact) mass is 326 g/mol. The van der Waals surface area contributed by atoms with Crippen LogP contribution in [0.5, 0.6) is 0 Å². The van der Waals surface area contributed by atoms with Crippen molar-refractivity contribution in [3.05, 3.63) is 48.7 Å². The first-order valence-electron chi connectivity index (χ1n) is 7.65. The van der Waals surface area contributed by atoms with Gasteiger partial charge in [0.15, 0.2) is 17.4 Å². The summed E-state index contributed by atoms with van der Waals surface area (Å²) in [6.45, 7) is 3.03. The van der Waals surface area contributed by atoms with Crippen LogP contribution in [0.1, 0.15) is 0 Å². The van der Waals surface area contributed by atoms with Gasteiger partial charge in [-0.15, -0.1) is 10.2 Å². The third-order valence-corrected chi connectivity index (χ3v) is 3.92. The number of hydrogen-bond donors (Lipinski definition) is 0. The molecule has 0 aliphatic carbocycles. The number of nitrogens with zero attached hydrogens (tertiary/aromatic N) is 6. The second-order valence-electron chi connectivity index (χ2n) is 5.43. The highest BCUT2D eigenvalue weighted by molar-refractivity contribution is 5.53. The van der Waals surface area contributed by atoms with E-state index in [4.69, 9.17) is 4.42 Å². The molecule has 122 valence electrons. The number of aromatic nitrogens is 4. The molecule has 4 rings (SSSR count). The van der Waals surface area contributed by atoms with Crippen LogP contribution in [-0.4, -0.2) is 46.3 Å². The van der Waals surface area contributed by atoms with Crippen LogP contribution in [0.4, 0.5) is 16.2 Å². The summed E-state index contributed by atoms with van der Waals surface area (Å²) in [6.07, 6.45) is 3.99. The van der Waals surface area contributed by atoms with Crippen molar-refractivity contribution in [2.24, 2.45) is 0 Å². The molecule has 0 radical (unpaired) electrons. The molecule has 1 aliphatic heterocycles. The molecule has 0 atom stereocenters. The van der Waals surface area contributed by atoms with E-state index in [0.717, 1.165) is 32.0 Å². The van der Waals surface area contributed by atoms with E-state index in [9.17, 15) is 4.39 Å². The van der Waals surface area contributed by atoms with Crippen molar-refractivity contribution < 1.29 is 8.81 Å². The first-order valence-corrected chi connectivity index (χ1v) is 7.65. The molecule has 7 nitrogen and oxygen atoms in total. The van der Waals surface area contributed by atoms with Crippen molar-refractivity contribution in [3.63, 3.8) is 0 Å². The average Bonchev–Trinajstić information content (AvgIpc) is 3.17. The van der Waals surface area contributed by atoms with Crippen molar-refractivity contribution in [3.8, 4) is 11.5 Å². The molecule has 1 aliphatic rings. The fourth-order valence-electron chi connectivity index (χ4n) is 2.65. The van der Waals surface area contributed by atoms with Gasteiger partial charge >= 0.3 is 0 Å². The van der Waals surface area contributed by atoms with Crippen LogP contribution in [0, 0.1) is 5.82 Å². The van der Waals surface area contributed by atoms with Gasteiger partial charge in [0.2, 0.25) is 5.95 Å². The van der Waals surface area contributed by atoms with Crippen molar-refractivity contribution >= 4 is 11.8 Å². The summed E-state index contributed by atoms with van der Waals surface area (Å²) in [7, 11) is 0. The third-order valence-electron chi connectivity index (χ3n) is 3.92. The van der Waals surface area contributed by atoms with E-state index >= 15 is 0 Å². The van der Waals surface area contributed by atoms with Crippen molar-refractivity contribution in [2.75, 3.05) is 36.0 Å². The lowest BCUT2D eigenvalue weighted by molar-refractivity contribution is 0.578. The fraction of sp³-hybridized carbons (Fsp3) is 0.250. The normalized spacial score (nSPS) is 14.9. The van der Waals surface area contributed by atoms with E-state index in [1.54, 1.807) is 6.26 Å². The van der Waals surface area contributed by atoms with Gasteiger partial charge in [-0.1, -0.05) is 0 Å². The lowest BCUT2D eigenvalue weighted by Gasteiger charge is -2.35. The Hall–Kier alpha value is -3.03. The van der Waals surface area contributed by atoms with Crippen LogP contribution in [-0.2, 0) is 0 Å². The molecule has 0 unspecified atom stereocenters. The summed E-state index contributed by atoms with van der Waals surface area (Å²) in [5, 5.41) is 8.50. The number of rotatable bonds is 3. The Morgan fingerprint density at radius 2 is 1.67 bits per heavy atom. The van der Waals surface area contributed by atoms with Crippen LogP contribution < -0.4 is 9.80 Å². The van der Waals surface area contributed by atoms with E-state index in [-0.39, 0.29) is 0 Å². The second-order valence-corrected chi connectivity index (χ2v) is 5.43. The van der Waals surface area contributed by atoms with Gasteiger partial charge in [-0.25, -0.2) is 14.4 Å². The Kier molecular flexibility index (Phi) is 3.78. The number of halogens is 1. The van der Waals surface area contributed by atoms with Gasteiger partial charge in [-0.2, -0.15) is 0 Å². The van der Waals surface area contributed by atoms with Gasteiger partial charge in [0, 0.05) is 26.2 Å². The summed E-state index contributed by atoms with van der Waals surface area (Å²) in [5.74, 6) is 1.65. The first-order chi connectivity index (χ1) is 11.8. The molecule has 24 heavy (non-hydrogen) atoms. The Bertz CT molecular complexity index is 782. The predicted octanol–water partition coefficient (Wildman–Crippen LogP) is 1.99. The smallest absolute Gasteiger partial charge is 0.225 e. The van der Waals surface area contributed by atoms with Crippen LogP contribution in [0.25, 0.3) is 11.5 Å². The van der Waals surface area contributed by atoms with Gasteiger partial charge in [-0.3, -0.25) is 0 Å². The summed E-state index contributed by atoms with van der Waals surface area (Å²) in [4.78, 5) is 12.2. The zero-order valence-electron chi connectivity index (χ0n) is 12.8. The number of anilines is 2. The minimum Gasteiger partial charge on any atom is -0.463 e. The minimum absolute atomic E-state index is 0.427. The topological polar surface area (TPSA) is 71.2 Å². The highest BCUT2D eigenvalue weighted by atomic mass is 19.1. The van der Waals surface area contributed by atoms with E-state index in [0.29, 0.717) is 17.4 Å². The molecule has 0 bridgehead atoms. The van der Waals surface area contributed by atoms with Gasteiger partial charge < -0.3 is 14.2 Å². The average molecular weight is 326 g/mol. The highest BCUT2D eigenvalue weighted by Crippen LogP contribution is 2.20. The minimum atomic E-state index is -0.427. The van der Waals surface area contributed by atoms with Crippen LogP contribution >= 0.6 is 0 Å². The maximum absolute atomic E-state index is 12.9. The first kappa shape index (κ1) is 14.6. The highest BCUT2D eigenvalue weighted by Gasteiger charge is 2.20. The zero-order valence-corrected chi connectivity index (χ0v) is 12.8. The molecule has 4 heterocycles. The summed E-state index contributed by atoms with van der Waals surface area (Å²) in [5.41, 5.74) is 0.710. The van der Waals surface area contributed by atoms with E-state index in [2.05, 4.69) is 25.1 Å². The van der Waals surface area contributed by atoms with E-state index in [1.165, 1.54) is 12.4 Å². The third kappa shape index (κ3) is 2.90. The standard InChI is InChI=1S/C16H15FN6O/c17-12-10-18-16(19-11-12)23-7-5-22(6-8-23)15-4-3-13(20-21-15)14-2-1-9-24-14/h1-4,9-11H,5-8H2. The lowest BCUT2D eigenvalue weighted by atomic mass is 10.3. The van der Waals surface area contributed by atoms with Gasteiger partial charge in [-0.05, 0) is 24.3 Å². The summed E-state index contributed by atoms with van der Waals surface area (Å²) in [6, 6.07) is 7.51. The molecule has 1 fully saturated rings. The molecular weight excluding hydrogens is 311 g/mol. The number of hydrogen-bond acceptors (Lipinski definition) is 7. The molecule has 3 aromatic heterocycles. The fourth-order valence-corrected chi connectivity index (χ4v) is 2.65. The number of furan rings is 1. The van der Waals surface area contributed by atoms with Crippen LogP contribution in [0.3, 0.4) is 0 Å². The molecule has 8 heteroatoms. The zero-order chi connectivity index (χ0) is 16.4. The Morgan fingerprint density at radius 1 is 0.917 bits per heavy atom. The van der Waals surface area contributed by atoms with Gasteiger partial charge in [0.25, 0.3) is 0 Å². The summed E-state index contributed by atoms with van der Waals surface area (Å²) >= 11 is 0. The maximum atomic E-state index is 12.9. The molecule has 0 spiro atoms. The molecule has 0 saturated carbocycles. The number of piperazine rings is 1. The second kappa shape index (κ2) is 6.23. The van der Waals surface area contributed by atoms with Gasteiger partial charge in [0.1, 0.15) is 5.69 Å². The molecule has 1 saturated heterocycles. The SMILES string of the molecule is Fc1cnc(N2CCN(c3ccc(-c4ccco4)nn3)CC2)nc1. The van der Waals surface area contributed by atoms with Crippen LogP contribution in [0.15, 0.2) is 47.3 Å². The quantitative estimate of drug-likeness (QED) is 0.729. The molecular formula is C16H15FN6O. The predicted molar refractivity (Wildman–Crippen MR) is 86.2 cm³/mol. The largest absolute Gasteiger partial charge is 0.463 e. The Morgan fingerprint density at radius 3 is 2.29 bits per heavy atom. The van der Waals surface area contributed by atoms with Crippen LogP contribution in [0.2, 0.25) is 0 Å². The molecule has 0 amide bonds. The van der Waals surface area contributed by atoms with Gasteiger partial charge in [0.05, 0.1) is 18.7 Å². The molecule has 3 aromatic rings.